The molecule has 23 heavy (non-hydrogen) atoms. The molecule has 0 saturated carbocycles. The molecule has 1 N–H and O–H groups in total. The summed E-state index contributed by atoms with van der Waals surface area (Å²) in [5.74, 6) is -1.39. The SMILES string of the molecule is O=C(O)c1cnccc1C(=O)N1CCN(c2ccccc2)CC1. The topological polar surface area (TPSA) is 73.7 Å². The van der Waals surface area contributed by atoms with Crippen LogP contribution in [-0.2, 0) is 0 Å². The molecule has 2 aromatic rings. The lowest BCUT2D eigenvalue weighted by molar-refractivity contribution is 0.0672. The van der Waals surface area contributed by atoms with Crippen molar-refractivity contribution in [2.24, 2.45) is 0 Å². The molecule has 0 atom stereocenters. The summed E-state index contributed by atoms with van der Waals surface area (Å²) in [7, 11) is 0. The van der Waals surface area contributed by atoms with Gasteiger partial charge in [-0.2, -0.15) is 0 Å². The van der Waals surface area contributed by atoms with Crippen molar-refractivity contribution in [3.05, 3.63) is 59.9 Å². The highest BCUT2D eigenvalue weighted by molar-refractivity contribution is 6.04. The molecule has 6 nitrogen and oxygen atoms in total. The number of anilines is 1. The Labute approximate surface area is 134 Å². The van der Waals surface area contributed by atoms with E-state index in [1.807, 2.05) is 30.3 Å². The summed E-state index contributed by atoms with van der Waals surface area (Å²) < 4.78 is 0. The van der Waals surface area contributed by atoms with Crippen molar-refractivity contribution in [1.82, 2.24) is 9.88 Å². The highest BCUT2D eigenvalue weighted by Gasteiger charge is 2.25. The summed E-state index contributed by atoms with van der Waals surface area (Å²) in [6, 6.07) is 11.5. The van der Waals surface area contributed by atoms with Gasteiger partial charge in [-0.3, -0.25) is 9.78 Å². The van der Waals surface area contributed by atoms with Gasteiger partial charge in [-0.25, -0.2) is 4.79 Å². The minimum Gasteiger partial charge on any atom is -0.478 e. The number of carbonyl (C=O) groups is 2. The average molecular weight is 311 g/mol. The van der Waals surface area contributed by atoms with Crippen LogP contribution < -0.4 is 4.90 Å². The molecular formula is C17H17N3O3. The number of pyridine rings is 1. The van der Waals surface area contributed by atoms with Crippen molar-refractivity contribution in [3.8, 4) is 0 Å². The Morgan fingerprint density at radius 2 is 1.65 bits per heavy atom. The Balaban J connectivity index is 1.71. The third-order valence-electron chi connectivity index (χ3n) is 3.97. The summed E-state index contributed by atoms with van der Waals surface area (Å²) in [5.41, 5.74) is 1.28. The van der Waals surface area contributed by atoms with Crippen LogP contribution in [0, 0.1) is 0 Å². The Morgan fingerprint density at radius 1 is 0.957 bits per heavy atom. The fourth-order valence-electron chi connectivity index (χ4n) is 2.73. The van der Waals surface area contributed by atoms with Gasteiger partial charge in [0, 0.05) is 44.3 Å². The number of amides is 1. The molecule has 0 bridgehead atoms. The highest BCUT2D eigenvalue weighted by Crippen LogP contribution is 2.17. The number of nitrogens with zero attached hydrogens (tertiary/aromatic N) is 3. The lowest BCUT2D eigenvalue weighted by Crippen LogP contribution is -2.49. The molecule has 0 aliphatic carbocycles. The molecule has 3 rings (SSSR count). The number of aromatic nitrogens is 1. The standard InChI is InChI=1S/C17H17N3O3/c21-16(14-6-7-18-12-15(14)17(22)23)20-10-8-19(9-11-20)13-4-2-1-3-5-13/h1-7,12H,8-11H2,(H,22,23). The largest absolute Gasteiger partial charge is 0.478 e. The fraction of sp³-hybridized carbons (Fsp3) is 0.235. The van der Waals surface area contributed by atoms with E-state index >= 15 is 0 Å². The van der Waals surface area contributed by atoms with Crippen molar-refractivity contribution in [1.29, 1.82) is 0 Å². The van der Waals surface area contributed by atoms with E-state index < -0.39 is 5.97 Å². The van der Waals surface area contributed by atoms with E-state index in [4.69, 9.17) is 0 Å². The molecule has 1 saturated heterocycles. The fourth-order valence-corrected chi connectivity index (χ4v) is 2.73. The van der Waals surface area contributed by atoms with Crippen LogP contribution in [0.25, 0.3) is 0 Å². The summed E-state index contributed by atoms with van der Waals surface area (Å²) in [6.45, 7) is 2.58. The lowest BCUT2D eigenvalue weighted by Gasteiger charge is -2.36. The van der Waals surface area contributed by atoms with Crippen LogP contribution in [0.3, 0.4) is 0 Å². The Bertz CT molecular complexity index is 710. The first-order valence-electron chi connectivity index (χ1n) is 7.43. The molecule has 1 fully saturated rings. The van der Waals surface area contributed by atoms with Crippen molar-refractivity contribution < 1.29 is 14.7 Å². The van der Waals surface area contributed by atoms with Crippen molar-refractivity contribution in [2.75, 3.05) is 31.1 Å². The second-order valence-corrected chi connectivity index (χ2v) is 5.34. The molecule has 0 spiro atoms. The van der Waals surface area contributed by atoms with Crippen LogP contribution in [0.1, 0.15) is 20.7 Å². The first kappa shape index (κ1) is 15.0. The average Bonchev–Trinajstić information content (AvgIpc) is 2.62. The molecule has 6 heteroatoms. The first-order chi connectivity index (χ1) is 11.2. The molecule has 1 aliphatic heterocycles. The minimum atomic E-state index is -1.13. The minimum absolute atomic E-state index is 0.0528. The van der Waals surface area contributed by atoms with Crippen LogP contribution in [0.15, 0.2) is 48.8 Å². The number of aromatic carboxylic acids is 1. The van der Waals surface area contributed by atoms with E-state index in [0.717, 1.165) is 18.8 Å². The van der Waals surface area contributed by atoms with Gasteiger partial charge in [-0.05, 0) is 18.2 Å². The maximum atomic E-state index is 12.6. The zero-order chi connectivity index (χ0) is 16.2. The number of hydrogen-bond donors (Lipinski definition) is 1. The molecule has 1 aliphatic rings. The molecule has 1 aromatic carbocycles. The van der Waals surface area contributed by atoms with Gasteiger partial charge in [0.25, 0.3) is 5.91 Å². The first-order valence-corrected chi connectivity index (χ1v) is 7.43. The van der Waals surface area contributed by atoms with E-state index in [2.05, 4.69) is 9.88 Å². The summed E-state index contributed by atoms with van der Waals surface area (Å²) in [6.07, 6.45) is 2.66. The monoisotopic (exact) mass is 311 g/mol. The van der Waals surface area contributed by atoms with Gasteiger partial charge in [0.2, 0.25) is 0 Å². The second-order valence-electron chi connectivity index (χ2n) is 5.34. The van der Waals surface area contributed by atoms with Gasteiger partial charge in [-0.1, -0.05) is 18.2 Å². The predicted molar refractivity (Wildman–Crippen MR) is 85.8 cm³/mol. The quantitative estimate of drug-likeness (QED) is 0.934. The number of benzene rings is 1. The van der Waals surface area contributed by atoms with Gasteiger partial charge in [-0.15, -0.1) is 0 Å². The van der Waals surface area contributed by atoms with Gasteiger partial charge in [0.15, 0.2) is 0 Å². The summed E-state index contributed by atoms with van der Waals surface area (Å²) in [5, 5.41) is 9.18. The normalized spacial score (nSPS) is 14.6. The molecule has 0 unspecified atom stereocenters. The molecule has 0 radical (unpaired) electrons. The summed E-state index contributed by atoms with van der Waals surface area (Å²) >= 11 is 0. The molecule has 1 amide bonds. The van der Waals surface area contributed by atoms with Gasteiger partial charge in [0.05, 0.1) is 11.1 Å². The van der Waals surface area contributed by atoms with Gasteiger partial charge in [0.1, 0.15) is 0 Å². The Morgan fingerprint density at radius 3 is 2.30 bits per heavy atom. The number of carboxylic acids is 1. The lowest BCUT2D eigenvalue weighted by atomic mass is 10.1. The number of piperazine rings is 1. The highest BCUT2D eigenvalue weighted by atomic mass is 16.4. The zero-order valence-corrected chi connectivity index (χ0v) is 12.6. The van der Waals surface area contributed by atoms with E-state index in [-0.39, 0.29) is 17.0 Å². The maximum Gasteiger partial charge on any atom is 0.338 e. The van der Waals surface area contributed by atoms with E-state index in [1.54, 1.807) is 4.90 Å². The Hall–Kier alpha value is -2.89. The third kappa shape index (κ3) is 3.15. The Kier molecular flexibility index (Phi) is 4.23. The number of carbonyl (C=O) groups excluding carboxylic acids is 1. The number of carboxylic acid groups (broad SMARTS) is 1. The molecule has 2 heterocycles. The maximum absolute atomic E-state index is 12.6. The van der Waals surface area contributed by atoms with E-state index in [9.17, 15) is 14.7 Å². The number of para-hydroxylation sites is 1. The summed E-state index contributed by atoms with van der Waals surface area (Å²) in [4.78, 5) is 31.5. The zero-order valence-electron chi connectivity index (χ0n) is 12.6. The molecular weight excluding hydrogens is 294 g/mol. The van der Waals surface area contributed by atoms with Crippen LogP contribution in [0.4, 0.5) is 5.69 Å². The predicted octanol–water partition coefficient (Wildman–Crippen LogP) is 1.74. The van der Waals surface area contributed by atoms with Crippen LogP contribution in [-0.4, -0.2) is 53.0 Å². The second kappa shape index (κ2) is 6.48. The number of rotatable bonds is 3. The van der Waals surface area contributed by atoms with Crippen molar-refractivity contribution in [3.63, 3.8) is 0 Å². The van der Waals surface area contributed by atoms with E-state index in [0.29, 0.717) is 13.1 Å². The third-order valence-corrected chi connectivity index (χ3v) is 3.97. The molecule has 1 aromatic heterocycles. The van der Waals surface area contributed by atoms with Crippen LogP contribution in [0.2, 0.25) is 0 Å². The van der Waals surface area contributed by atoms with Crippen molar-refractivity contribution in [2.45, 2.75) is 0 Å². The van der Waals surface area contributed by atoms with Gasteiger partial charge < -0.3 is 14.9 Å². The smallest absolute Gasteiger partial charge is 0.338 e. The van der Waals surface area contributed by atoms with Crippen LogP contribution >= 0.6 is 0 Å². The number of hydrogen-bond acceptors (Lipinski definition) is 4. The van der Waals surface area contributed by atoms with E-state index in [1.165, 1.54) is 18.5 Å². The molecule has 118 valence electrons. The van der Waals surface area contributed by atoms with Crippen LogP contribution in [0.5, 0.6) is 0 Å². The van der Waals surface area contributed by atoms with Gasteiger partial charge >= 0.3 is 5.97 Å². The van der Waals surface area contributed by atoms with Crippen molar-refractivity contribution >= 4 is 17.6 Å².